The Balaban J connectivity index is 2.74. The lowest BCUT2D eigenvalue weighted by Gasteiger charge is -2.02. The van der Waals surface area contributed by atoms with Crippen LogP contribution in [-0.2, 0) is 6.42 Å². The van der Waals surface area contributed by atoms with Crippen molar-refractivity contribution in [2.45, 2.75) is 12.8 Å². The van der Waals surface area contributed by atoms with E-state index in [1.165, 1.54) is 6.07 Å². The van der Waals surface area contributed by atoms with E-state index in [2.05, 4.69) is 0 Å². The predicted octanol–water partition coefficient (Wildman–Crippen LogP) is 2.75. The van der Waals surface area contributed by atoms with E-state index in [1.807, 2.05) is 0 Å². The van der Waals surface area contributed by atoms with Crippen molar-refractivity contribution in [3.63, 3.8) is 0 Å². The summed E-state index contributed by atoms with van der Waals surface area (Å²) in [5.74, 6) is -2.21. The maximum atomic E-state index is 13.1. The minimum absolute atomic E-state index is 0.159. The van der Waals surface area contributed by atoms with Crippen LogP contribution in [0.1, 0.15) is 22.3 Å². The molecule has 2 rings (SSSR count). The van der Waals surface area contributed by atoms with E-state index in [-0.39, 0.29) is 34.8 Å². The maximum absolute atomic E-state index is 13.1. The number of carbonyl (C=O) groups is 1. The lowest BCUT2D eigenvalue weighted by atomic mass is 10.1. The van der Waals surface area contributed by atoms with E-state index in [1.54, 1.807) is 0 Å². The molecule has 1 aromatic rings. The van der Waals surface area contributed by atoms with Crippen LogP contribution in [0.4, 0.5) is 8.78 Å². The van der Waals surface area contributed by atoms with Crippen LogP contribution in [0.15, 0.2) is 6.07 Å². The summed E-state index contributed by atoms with van der Waals surface area (Å²) in [4.78, 5) is 11.1. The summed E-state index contributed by atoms with van der Waals surface area (Å²) in [6.07, 6.45) is 0.514. The first-order valence-corrected chi connectivity index (χ1v) is 4.18. The monoisotopic (exact) mass is 202 g/mol. The van der Waals surface area contributed by atoms with Gasteiger partial charge in [-0.05, 0) is 12.5 Å². The van der Waals surface area contributed by atoms with Gasteiger partial charge in [-0.2, -0.15) is 0 Å². The minimum Gasteiger partial charge on any atom is -0.294 e. The normalized spacial score (nSPS) is 14.8. The molecule has 0 saturated carbocycles. The van der Waals surface area contributed by atoms with Crippen molar-refractivity contribution >= 4 is 17.4 Å². The number of carbonyl (C=O) groups excluding carboxylic acids is 1. The summed E-state index contributed by atoms with van der Waals surface area (Å²) in [7, 11) is 0. The lowest BCUT2D eigenvalue weighted by molar-refractivity contribution is 0.0994. The number of hydrogen-bond acceptors (Lipinski definition) is 1. The molecular weight excluding hydrogens is 198 g/mol. The van der Waals surface area contributed by atoms with Gasteiger partial charge in [0.2, 0.25) is 0 Å². The second kappa shape index (κ2) is 2.77. The molecule has 4 heteroatoms. The van der Waals surface area contributed by atoms with E-state index < -0.39 is 11.6 Å². The molecule has 0 saturated heterocycles. The first-order chi connectivity index (χ1) is 6.11. The van der Waals surface area contributed by atoms with E-state index >= 15 is 0 Å². The fourth-order valence-corrected chi connectivity index (χ4v) is 1.69. The molecule has 1 aliphatic rings. The van der Waals surface area contributed by atoms with E-state index in [0.29, 0.717) is 0 Å². The van der Waals surface area contributed by atoms with Crippen LogP contribution in [0.25, 0.3) is 0 Å². The third-order valence-electron chi connectivity index (χ3n) is 2.17. The van der Waals surface area contributed by atoms with Gasteiger partial charge >= 0.3 is 0 Å². The molecule has 68 valence electrons. The summed E-state index contributed by atoms with van der Waals surface area (Å²) in [5, 5.41) is -0.327. The first-order valence-electron chi connectivity index (χ1n) is 3.81. The van der Waals surface area contributed by atoms with Crippen LogP contribution < -0.4 is 0 Å². The van der Waals surface area contributed by atoms with E-state index in [9.17, 15) is 13.6 Å². The van der Waals surface area contributed by atoms with Gasteiger partial charge < -0.3 is 0 Å². The molecule has 1 aliphatic carbocycles. The van der Waals surface area contributed by atoms with Crippen LogP contribution in [-0.4, -0.2) is 5.78 Å². The lowest BCUT2D eigenvalue weighted by Crippen LogP contribution is -1.97. The summed E-state index contributed by atoms with van der Waals surface area (Å²) in [6, 6.07) is 1.20. The molecule has 13 heavy (non-hydrogen) atoms. The Hall–Kier alpha value is -0.960. The molecule has 0 fully saturated rings. The summed E-state index contributed by atoms with van der Waals surface area (Å²) < 4.78 is 26.0. The molecule has 0 unspecified atom stereocenters. The fourth-order valence-electron chi connectivity index (χ4n) is 1.50. The van der Waals surface area contributed by atoms with Gasteiger partial charge in [-0.15, -0.1) is 0 Å². The zero-order valence-electron chi connectivity index (χ0n) is 6.53. The summed E-state index contributed by atoms with van der Waals surface area (Å²) >= 11 is 5.40. The number of Topliss-reactive ketones (excluding diaryl/α,β-unsaturated/α-hetero) is 1. The standard InChI is InChI=1S/C9H5ClF2O/c10-6-3-5-4(1-2-7(5)13)8(11)9(6)12/h3H,1-2H2. The van der Waals surface area contributed by atoms with Gasteiger partial charge in [0, 0.05) is 17.5 Å². The Morgan fingerprint density at radius 3 is 2.62 bits per heavy atom. The minimum atomic E-state index is -1.06. The van der Waals surface area contributed by atoms with Crippen molar-refractivity contribution < 1.29 is 13.6 Å². The van der Waals surface area contributed by atoms with E-state index in [0.717, 1.165) is 0 Å². The molecule has 0 spiro atoms. The molecule has 0 aliphatic heterocycles. The Labute approximate surface area is 78.3 Å². The Morgan fingerprint density at radius 2 is 1.92 bits per heavy atom. The van der Waals surface area contributed by atoms with Gasteiger partial charge in [-0.1, -0.05) is 11.6 Å². The number of benzene rings is 1. The van der Waals surface area contributed by atoms with Crippen LogP contribution in [0.5, 0.6) is 0 Å². The van der Waals surface area contributed by atoms with Crippen molar-refractivity contribution in [2.75, 3.05) is 0 Å². The third-order valence-corrected chi connectivity index (χ3v) is 2.44. The van der Waals surface area contributed by atoms with Gasteiger partial charge in [0.15, 0.2) is 17.4 Å². The van der Waals surface area contributed by atoms with Crippen LogP contribution in [0.2, 0.25) is 5.02 Å². The van der Waals surface area contributed by atoms with Crippen molar-refractivity contribution in [1.29, 1.82) is 0 Å². The molecule has 1 nitrogen and oxygen atoms in total. The largest absolute Gasteiger partial charge is 0.294 e. The molecular formula is C9H5ClF2O. The van der Waals surface area contributed by atoms with Crippen LogP contribution in [0, 0.1) is 11.6 Å². The first kappa shape index (κ1) is 8.63. The number of ketones is 1. The van der Waals surface area contributed by atoms with Gasteiger partial charge in [-0.25, -0.2) is 8.78 Å². The summed E-state index contributed by atoms with van der Waals surface area (Å²) in [6.45, 7) is 0. The zero-order valence-corrected chi connectivity index (χ0v) is 7.29. The third kappa shape index (κ3) is 1.15. The van der Waals surface area contributed by atoms with Gasteiger partial charge in [-0.3, -0.25) is 4.79 Å². The Bertz CT molecular complexity index is 401. The summed E-state index contributed by atoms with van der Waals surface area (Å²) in [5.41, 5.74) is 0.385. The van der Waals surface area contributed by atoms with Gasteiger partial charge in [0.25, 0.3) is 0 Å². The highest BCUT2D eigenvalue weighted by Gasteiger charge is 2.26. The smallest absolute Gasteiger partial charge is 0.177 e. The average Bonchev–Trinajstić information content (AvgIpc) is 2.45. The highest BCUT2D eigenvalue weighted by atomic mass is 35.5. The highest BCUT2D eigenvalue weighted by molar-refractivity contribution is 6.31. The number of hydrogen-bond donors (Lipinski definition) is 0. The number of halogens is 3. The molecule has 0 amide bonds. The maximum Gasteiger partial charge on any atom is 0.177 e. The molecule has 0 radical (unpaired) electrons. The molecule has 0 atom stereocenters. The van der Waals surface area contributed by atoms with Crippen molar-refractivity contribution in [1.82, 2.24) is 0 Å². The molecule has 1 aromatic carbocycles. The predicted molar refractivity (Wildman–Crippen MR) is 44.0 cm³/mol. The highest BCUT2D eigenvalue weighted by Crippen LogP contribution is 2.30. The van der Waals surface area contributed by atoms with Crippen molar-refractivity contribution in [2.24, 2.45) is 0 Å². The topological polar surface area (TPSA) is 17.1 Å². The SMILES string of the molecule is O=C1CCc2c1cc(Cl)c(F)c2F. The Morgan fingerprint density at radius 1 is 1.23 bits per heavy atom. The molecule has 0 aromatic heterocycles. The average molecular weight is 203 g/mol. The number of fused-ring (bicyclic) bond motifs is 1. The molecule has 0 bridgehead atoms. The van der Waals surface area contributed by atoms with Crippen molar-refractivity contribution in [3.05, 3.63) is 33.9 Å². The van der Waals surface area contributed by atoms with Crippen molar-refractivity contribution in [3.8, 4) is 0 Å². The molecule has 0 heterocycles. The second-order valence-corrected chi connectivity index (χ2v) is 3.34. The van der Waals surface area contributed by atoms with Crippen LogP contribution >= 0.6 is 11.6 Å². The fraction of sp³-hybridized carbons (Fsp3) is 0.222. The zero-order chi connectivity index (χ0) is 9.59. The Kier molecular flexibility index (Phi) is 1.84. The number of rotatable bonds is 0. The van der Waals surface area contributed by atoms with Gasteiger partial charge in [0.05, 0.1) is 5.02 Å². The second-order valence-electron chi connectivity index (χ2n) is 2.94. The van der Waals surface area contributed by atoms with Gasteiger partial charge in [0.1, 0.15) is 0 Å². The quantitative estimate of drug-likeness (QED) is 0.592. The van der Waals surface area contributed by atoms with E-state index in [4.69, 9.17) is 11.6 Å². The molecule has 0 N–H and O–H groups in total. The van der Waals surface area contributed by atoms with Crippen LogP contribution in [0.3, 0.4) is 0 Å².